The molecule has 0 bridgehead atoms. The largest absolute Gasteiger partial charge is 0.269 e. The van der Waals surface area contributed by atoms with Crippen LogP contribution in [0.2, 0.25) is 0 Å². The van der Waals surface area contributed by atoms with E-state index < -0.39 is 4.92 Å². The molecule has 0 heterocycles. The summed E-state index contributed by atoms with van der Waals surface area (Å²) < 4.78 is 0. The number of nitro groups is 1. The summed E-state index contributed by atoms with van der Waals surface area (Å²) in [5.74, 6) is 0. The first-order chi connectivity index (χ1) is 10.2. The Kier molecular flexibility index (Phi) is 4.62. The molecular weight excluding hydrogens is 264 g/mol. The number of rotatable bonds is 4. The molecule has 0 fully saturated rings. The second-order valence-corrected chi connectivity index (χ2v) is 4.27. The average molecular weight is 276 g/mol. The molecule has 0 spiro atoms. The van der Waals surface area contributed by atoms with Gasteiger partial charge in [-0.15, -0.1) is 0 Å². The molecule has 0 radical (unpaired) electrons. The molecule has 0 N–H and O–H groups in total. The van der Waals surface area contributed by atoms with Crippen molar-refractivity contribution in [2.45, 2.75) is 0 Å². The molecule has 0 atom stereocenters. The first-order valence-electron chi connectivity index (χ1n) is 6.29. The third kappa shape index (κ3) is 3.88. The minimum absolute atomic E-state index is 0.0101. The predicted octanol–water partition coefficient (Wildman–Crippen LogP) is 4.22. The van der Waals surface area contributed by atoms with Crippen LogP contribution in [0.3, 0.4) is 0 Å². The Labute approximate surface area is 122 Å². The molecule has 0 saturated heterocycles. The van der Waals surface area contributed by atoms with E-state index in [4.69, 9.17) is 5.26 Å². The van der Waals surface area contributed by atoms with Gasteiger partial charge >= 0.3 is 0 Å². The highest BCUT2D eigenvalue weighted by molar-refractivity contribution is 5.79. The maximum atomic E-state index is 10.6. The van der Waals surface area contributed by atoms with Gasteiger partial charge in [0.1, 0.15) is 0 Å². The van der Waals surface area contributed by atoms with E-state index in [9.17, 15) is 10.1 Å². The van der Waals surface area contributed by atoms with Crippen LogP contribution in [0.1, 0.15) is 11.1 Å². The number of nitrogens with zero attached hydrogens (tertiary/aromatic N) is 2. The number of non-ortho nitro benzene ring substituents is 1. The van der Waals surface area contributed by atoms with E-state index in [2.05, 4.69) is 6.07 Å². The van der Waals surface area contributed by atoms with E-state index >= 15 is 0 Å². The predicted molar refractivity (Wildman–Crippen MR) is 82.2 cm³/mol. The van der Waals surface area contributed by atoms with Crippen LogP contribution in [0.4, 0.5) is 5.69 Å². The van der Waals surface area contributed by atoms with Crippen molar-refractivity contribution in [1.29, 1.82) is 5.26 Å². The van der Waals surface area contributed by atoms with Crippen molar-refractivity contribution < 1.29 is 4.92 Å². The van der Waals surface area contributed by atoms with Crippen molar-refractivity contribution in [2.24, 2.45) is 0 Å². The molecule has 102 valence electrons. The molecule has 2 aromatic rings. The van der Waals surface area contributed by atoms with Crippen molar-refractivity contribution in [1.82, 2.24) is 0 Å². The van der Waals surface area contributed by atoms with Crippen LogP contribution in [-0.2, 0) is 0 Å². The van der Waals surface area contributed by atoms with Crippen molar-refractivity contribution >= 4 is 17.3 Å². The molecule has 2 rings (SSSR count). The Morgan fingerprint density at radius 3 is 2.33 bits per heavy atom. The number of nitriles is 1. The average Bonchev–Trinajstić information content (AvgIpc) is 2.53. The summed E-state index contributed by atoms with van der Waals surface area (Å²) in [4.78, 5) is 10.1. The van der Waals surface area contributed by atoms with Gasteiger partial charge in [0.2, 0.25) is 0 Å². The monoisotopic (exact) mass is 276 g/mol. The highest BCUT2D eigenvalue weighted by Gasteiger charge is 2.05. The van der Waals surface area contributed by atoms with Crippen LogP contribution >= 0.6 is 0 Å². The Bertz CT molecular complexity index is 724. The first-order valence-corrected chi connectivity index (χ1v) is 6.29. The standard InChI is InChI=1S/C17H12N2O2/c18-13-16(8-4-7-14-5-2-1-3-6-14)15-9-11-17(12-10-15)19(20)21/h1-12H/b7-4-,16-8+. The van der Waals surface area contributed by atoms with Gasteiger partial charge in [-0.25, -0.2) is 0 Å². The van der Waals surface area contributed by atoms with Gasteiger partial charge in [0.25, 0.3) is 5.69 Å². The number of benzene rings is 2. The molecule has 0 aliphatic rings. The fourth-order valence-corrected chi connectivity index (χ4v) is 1.78. The van der Waals surface area contributed by atoms with Crippen molar-refractivity contribution in [3.8, 4) is 6.07 Å². The Morgan fingerprint density at radius 2 is 1.76 bits per heavy atom. The summed E-state index contributed by atoms with van der Waals surface area (Å²) in [6, 6.07) is 17.7. The molecule has 0 aliphatic carbocycles. The summed E-state index contributed by atoms with van der Waals surface area (Å²) in [5, 5.41) is 19.8. The van der Waals surface area contributed by atoms with Crippen molar-refractivity contribution in [3.63, 3.8) is 0 Å². The molecule has 0 amide bonds. The lowest BCUT2D eigenvalue weighted by Crippen LogP contribution is -1.88. The second kappa shape index (κ2) is 6.83. The first kappa shape index (κ1) is 14.2. The van der Waals surface area contributed by atoms with Crippen LogP contribution < -0.4 is 0 Å². The van der Waals surface area contributed by atoms with Gasteiger partial charge in [-0.2, -0.15) is 5.26 Å². The highest BCUT2D eigenvalue weighted by Crippen LogP contribution is 2.18. The van der Waals surface area contributed by atoms with Crippen LogP contribution in [0, 0.1) is 21.4 Å². The van der Waals surface area contributed by atoms with E-state index in [1.165, 1.54) is 12.1 Å². The molecule has 0 aliphatic heterocycles. The lowest BCUT2D eigenvalue weighted by molar-refractivity contribution is -0.384. The summed E-state index contributed by atoms with van der Waals surface area (Å²) in [5.41, 5.74) is 2.16. The minimum atomic E-state index is -0.463. The second-order valence-electron chi connectivity index (χ2n) is 4.27. The van der Waals surface area contributed by atoms with Gasteiger partial charge in [0, 0.05) is 12.1 Å². The molecule has 0 saturated carbocycles. The smallest absolute Gasteiger partial charge is 0.258 e. The zero-order valence-corrected chi connectivity index (χ0v) is 11.1. The summed E-state index contributed by atoms with van der Waals surface area (Å²) in [6.45, 7) is 0. The summed E-state index contributed by atoms with van der Waals surface area (Å²) in [6.07, 6.45) is 5.37. The lowest BCUT2D eigenvalue weighted by atomic mass is 10.1. The maximum Gasteiger partial charge on any atom is 0.269 e. The lowest BCUT2D eigenvalue weighted by Gasteiger charge is -1.97. The van der Waals surface area contributed by atoms with E-state index in [1.807, 2.05) is 36.4 Å². The van der Waals surface area contributed by atoms with Gasteiger partial charge in [-0.3, -0.25) is 10.1 Å². The fraction of sp³-hybridized carbons (Fsp3) is 0. The zero-order valence-electron chi connectivity index (χ0n) is 11.1. The van der Waals surface area contributed by atoms with Gasteiger partial charge < -0.3 is 0 Å². The van der Waals surface area contributed by atoms with Crippen LogP contribution in [0.15, 0.2) is 66.7 Å². The maximum absolute atomic E-state index is 10.6. The molecule has 0 aromatic heterocycles. The van der Waals surface area contributed by atoms with Crippen LogP contribution in [-0.4, -0.2) is 4.92 Å². The van der Waals surface area contributed by atoms with E-state index in [-0.39, 0.29) is 5.69 Å². The SMILES string of the molecule is N#C/C(=C\C=C/c1ccccc1)c1ccc([N+](=O)[O-])cc1. The van der Waals surface area contributed by atoms with Gasteiger partial charge in [0.05, 0.1) is 16.6 Å². The number of hydrogen-bond donors (Lipinski definition) is 0. The van der Waals surface area contributed by atoms with E-state index in [0.717, 1.165) is 5.56 Å². The normalized spacial score (nSPS) is 11.3. The van der Waals surface area contributed by atoms with Crippen molar-refractivity contribution in [2.75, 3.05) is 0 Å². The number of allylic oxidation sites excluding steroid dienone is 3. The topological polar surface area (TPSA) is 66.9 Å². The third-order valence-corrected chi connectivity index (χ3v) is 2.86. The molecular formula is C17H12N2O2. The Hall–Kier alpha value is -3.19. The van der Waals surface area contributed by atoms with E-state index in [0.29, 0.717) is 11.1 Å². The van der Waals surface area contributed by atoms with Gasteiger partial charge in [-0.1, -0.05) is 42.5 Å². The summed E-state index contributed by atoms with van der Waals surface area (Å²) in [7, 11) is 0. The number of nitro benzene ring substituents is 1. The highest BCUT2D eigenvalue weighted by atomic mass is 16.6. The van der Waals surface area contributed by atoms with Crippen LogP contribution in [0.5, 0.6) is 0 Å². The van der Waals surface area contributed by atoms with E-state index in [1.54, 1.807) is 24.3 Å². The molecule has 4 heteroatoms. The number of hydrogen-bond acceptors (Lipinski definition) is 3. The fourth-order valence-electron chi connectivity index (χ4n) is 1.78. The van der Waals surface area contributed by atoms with Crippen molar-refractivity contribution in [3.05, 3.63) is 88.0 Å². The Balaban J connectivity index is 2.19. The minimum Gasteiger partial charge on any atom is -0.258 e. The Morgan fingerprint density at radius 1 is 1.10 bits per heavy atom. The zero-order chi connectivity index (χ0) is 15.1. The van der Waals surface area contributed by atoms with Crippen LogP contribution in [0.25, 0.3) is 11.6 Å². The molecule has 2 aromatic carbocycles. The van der Waals surface area contributed by atoms with Gasteiger partial charge in [0.15, 0.2) is 0 Å². The molecule has 4 nitrogen and oxygen atoms in total. The quantitative estimate of drug-likeness (QED) is 0.363. The molecule has 21 heavy (non-hydrogen) atoms. The summed E-state index contributed by atoms with van der Waals surface area (Å²) >= 11 is 0. The molecule has 0 unspecified atom stereocenters. The van der Waals surface area contributed by atoms with Gasteiger partial charge in [-0.05, 0) is 29.3 Å². The third-order valence-electron chi connectivity index (χ3n) is 2.86.